The van der Waals surface area contributed by atoms with Crippen molar-refractivity contribution in [1.82, 2.24) is 10.0 Å². The van der Waals surface area contributed by atoms with Crippen LogP contribution in [-0.2, 0) is 10.0 Å². The summed E-state index contributed by atoms with van der Waals surface area (Å²) in [7, 11) is -0.356. The van der Waals surface area contributed by atoms with Crippen LogP contribution in [0, 0.1) is 0 Å². The van der Waals surface area contributed by atoms with Crippen LogP contribution in [0.25, 0.3) is 0 Å². The lowest BCUT2D eigenvalue weighted by molar-refractivity contribution is 0.402. The number of likely N-dealkylation sites (N-methyl/N-ethyl adjacent to an activating group) is 1. The standard InChI is InChI=1S/C11H17BrN2O3S/c1-8(13-2)7-14-18(15,16)11-6-9(12)4-5-10(11)17-3/h4-6,8,13-14H,7H2,1-3H3. The smallest absolute Gasteiger partial charge is 0.244 e. The van der Waals surface area contributed by atoms with Crippen molar-refractivity contribution >= 4 is 26.0 Å². The SMILES string of the molecule is CNC(C)CNS(=O)(=O)c1cc(Br)ccc1OC. The first-order chi connectivity index (χ1) is 8.40. The minimum atomic E-state index is -3.58. The number of hydrogen-bond acceptors (Lipinski definition) is 4. The summed E-state index contributed by atoms with van der Waals surface area (Å²) in [5.74, 6) is 0.322. The predicted octanol–water partition coefficient (Wildman–Crippen LogP) is 1.34. The number of sulfonamides is 1. The molecule has 1 rings (SSSR count). The fourth-order valence-corrected chi connectivity index (χ4v) is 3.11. The molecule has 102 valence electrons. The number of benzene rings is 1. The van der Waals surface area contributed by atoms with E-state index in [0.717, 1.165) is 0 Å². The van der Waals surface area contributed by atoms with Crippen molar-refractivity contribution in [2.75, 3.05) is 20.7 Å². The number of rotatable bonds is 6. The molecule has 0 amide bonds. The maximum Gasteiger partial charge on any atom is 0.244 e. The van der Waals surface area contributed by atoms with Crippen LogP contribution >= 0.6 is 15.9 Å². The molecule has 5 nitrogen and oxygen atoms in total. The molecule has 0 radical (unpaired) electrons. The molecule has 1 aromatic rings. The summed E-state index contributed by atoms with van der Waals surface area (Å²) in [4.78, 5) is 0.127. The molecule has 7 heteroatoms. The van der Waals surface area contributed by atoms with E-state index < -0.39 is 10.0 Å². The first kappa shape index (κ1) is 15.4. The highest BCUT2D eigenvalue weighted by Crippen LogP contribution is 2.26. The van der Waals surface area contributed by atoms with Gasteiger partial charge in [-0.25, -0.2) is 13.1 Å². The molecular weight excluding hydrogens is 320 g/mol. The normalized spacial score (nSPS) is 13.3. The number of nitrogens with one attached hydrogen (secondary N) is 2. The highest BCUT2D eigenvalue weighted by molar-refractivity contribution is 9.10. The van der Waals surface area contributed by atoms with Gasteiger partial charge < -0.3 is 10.1 Å². The van der Waals surface area contributed by atoms with E-state index >= 15 is 0 Å². The lowest BCUT2D eigenvalue weighted by atomic mass is 10.3. The number of methoxy groups -OCH3 is 1. The fraction of sp³-hybridized carbons (Fsp3) is 0.455. The van der Waals surface area contributed by atoms with Gasteiger partial charge in [0.05, 0.1) is 7.11 Å². The Kier molecular flexibility index (Phi) is 5.58. The van der Waals surface area contributed by atoms with Crippen molar-refractivity contribution in [2.45, 2.75) is 17.9 Å². The van der Waals surface area contributed by atoms with Gasteiger partial charge in [0.2, 0.25) is 10.0 Å². The zero-order valence-corrected chi connectivity index (χ0v) is 12.9. The molecule has 2 N–H and O–H groups in total. The summed E-state index contributed by atoms with van der Waals surface area (Å²) in [5.41, 5.74) is 0. The monoisotopic (exact) mass is 336 g/mol. The number of ether oxygens (including phenoxy) is 1. The molecule has 0 aromatic heterocycles. The van der Waals surface area contributed by atoms with Crippen LogP contribution in [0.3, 0.4) is 0 Å². The van der Waals surface area contributed by atoms with E-state index in [2.05, 4.69) is 26.0 Å². The van der Waals surface area contributed by atoms with E-state index in [1.54, 1.807) is 19.2 Å². The van der Waals surface area contributed by atoms with Gasteiger partial charge in [-0.1, -0.05) is 15.9 Å². The highest BCUT2D eigenvalue weighted by Gasteiger charge is 2.20. The molecule has 0 saturated carbocycles. The Hall–Kier alpha value is -0.630. The first-order valence-electron chi connectivity index (χ1n) is 5.41. The maximum absolute atomic E-state index is 12.1. The van der Waals surface area contributed by atoms with Crippen molar-refractivity contribution in [3.8, 4) is 5.75 Å². The summed E-state index contributed by atoms with van der Waals surface area (Å²) in [6, 6.07) is 4.91. The summed E-state index contributed by atoms with van der Waals surface area (Å²) in [6.45, 7) is 2.20. The topological polar surface area (TPSA) is 67.4 Å². The van der Waals surface area contributed by atoms with Crippen LogP contribution in [0.1, 0.15) is 6.92 Å². The van der Waals surface area contributed by atoms with Gasteiger partial charge in [-0.15, -0.1) is 0 Å². The largest absolute Gasteiger partial charge is 0.495 e. The van der Waals surface area contributed by atoms with Gasteiger partial charge in [-0.2, -0.15) is 0 Å². The minimum absolute atomic E-state index is 0.0536. The maximum atomic E-state index is 12.1. The van der Waals surface area contributed by atoms with E-state index in [-0.39, 0.29) is 10.9 Å². The predicted molar refractivity (Wildman–Crippen MR) is 74.4 cm³/mol. The van der Waals surface area contributed by atoms with Gasteiger partial charge in [0.15, 0.2) is 0 Å². The van der Waals surface area contributed by atoms with Crippen LogP contribution in [0.15, 0.2) is 27.6 Å². The lowest BCUT2D eigenvalue weighted by Gasteiger charge is -2.14. The molecule has 0 heterocycles. The molecule has 1 aromatic carbocycles. The molecule has 1 unspecified atom stereocenters. The van der Waals surface area contributed by atoms with Crippen molar-refractivity contribution in [3.63, 3.8) is 0 Å². The Morgan fingerprint density at radius 1 is 1.44 bits per heavy atom. The second-order valence-corrected chi connectivity index (χ2v) is 6.49. The van der Waals surface area contributed by atoms with Crippen molar-refractivity contribution in [3.05, 3.63) is 22.7 Å². The van der Waals surface area contributed by atoms with Crippen LogP contribution in [0.2, 0.25) is 0 Å². The lowest BCUT2D eigenvalue weighted by Crippen LogP contribution is -2.37. The summed E-state index contributed by atoms with van der Waals surface area (Å²) in [5, 5.41) is 2.96. The Morgan fingerprint density at radius 2 is 2.11 bits per heavy atom. The van der Waals surface area contributed by atoms with E-state index in [0.29, 0.717) is 16.8 Å². The quantitative estimate of drug-likeness (QED) is 0.822. The molecule has 0 aliphatic rings. The number of halogens is 1. The Balaban J connectivity index is 3.00. The second kappa shape index (κ2) is 6.51. The molecule has 0 saturated heterocycles. The zero-order chi connectivity index (χ0) is 13.8. The van der Waals surface area contributed by atoms with Gasteiger partial charge >= 0.3 is 0 Å². The van der Waals surface area contributed by atoms with Gasteiger partial charge in [-0.05, 0) is 32.2 Å². The first-order valence-corrected chi connectivity index (χ1v) is 7.68. The van der Waals surface area contributed by atoms with Gasteiger partial charge in [-0.3, -0.25) is 0 Å². The van der Waals surface area contributed by atoms with Crippen molar-refractivity contribution in [1.29, 1.82) is 0 Å². The second-order valence-electron chi connectivity index (χ2n) is 3.84. The third-order valence-corrected chi connectivity index (χ3v) is 4.43. The van der Waals surface area contributed by atoms with Gasteiger partial charge in [0.25, 0.3) is 0 Å². The molecule has 0 spiro atoms. The summed E-state index contributed by atoms with van der Waals surface area (Å²) >= 11 is 3.25. The molecule has 0 aliphatic heterocycles. The molecule has 0 fully saturated rings. The molecular formula is C11H17BrN2O3S. The van der Waals surface area contributed by atoms with E-state index in [1.807, 2.05) is 6.92 Å². The summed E-state index contributed by atoms with van der Waals surface area (Å²) < 4.78 is 32.6. The van der Waals surface area contributed by atoms with Crippen LogP contribution in [0.5, 0.6) is 5.75 Å². The van der Waals surface area contributed by atoms with E-state index in [9.17, 15) is 8.42 Å². The van der Waals surface area contributed by atoms with Crippen LogP contribution < -0.4 is 14.8 Å². The fourth-order valence-electron chi connectivity index (χ4n) is 1.28. The van der Waals surface area contributed by atoms with Crippen LogP contribution in [-0.4, -0.2) is 35.2 Å². The number of hydrogen-bond donors (Lipinski definition) is 2. The van der Waals surface area contributed by atoms with E-state index in [4.69, 9.17) is 4.74 Å². The third kappa shape index (κ3) is 3.94. The van der Waals surface area contributed by atoms with Gasteiger partial charge in [0.1, 0.15) is 10.6 Å². The molecule has 0 bridgehead atoms. The van der Waals surface area contributed by atoms with Crippen molar-refractivity contribution in [2.24, 2.45) is 0 Å². The molecule has 1 atom stereocenters. The third-order valence-electron chi connectivity index (χ3n) is 2.49. The van der Waals surface area contributed by atoms with Crippen LogP contribution in [0.4, 0.5) is 0 Å². The Labute approximate surface area is 116 Å². The average molecular weight is 337 g/mol. The molecule has 18 heavy (non-hydrogen) atoms. The highest BCUT2D eigenvalue weighted by atomic mass is 79.9. The van der Waals surface area contributed by atoms with Crippen molar-refractivity contribution < 1.29 is 13.2 Å². The van der Waals surface area contributed by atoms with Gasteiger partial charge in [0, 0.05) is 17.1 Å². The Morgan fingerprint density at radius 3 is 2.67 bits per heavy atom. The average Bonchev–Trinajstić information content (AvgIpc) is 2.36. The Bertz CT molecular complexity index is 505. The minimum Gasteiger partial charge on any atom is -0.495 e. The zero-order valence-electron chi connectivity index (χ0n) is 10.5. The van der Waals surface area contributed by atoms with E-state index in [1.165, 1.54) is 13.2 Å². The summed E-state index contributed by atoms with van der Waals surface area (Å²) in [6.07, 6.45) is 0. The molecule has 0 aliphatic carbocycles.